The lowest BCUT2D eigenvalue weighted by molar-refractivity contribution is 0.372. The van der Waals surface area contributed by atoms with Crippen molar-refractivity contribution < 1.29 is 4.52 Å². The third kappa shape index (κ3) is 4.65. The summed E-state index contributed by atoms with van der Waals surface area (Å²) in [7, 11) is 2.01. The highest BCUT2D eigenvalue weighted by Gasteiger charge is 2.08. The molecule has 0 saturated heterocycles. The first-order valence-corrected chi connectivity index (χ1v) is 7.67. The van der Waals surface area contributed by atoms with Crippen molar-refractivity contribution in [2.45, 2.75) is 39.8 Å². The van der Waals surface area contributed by atoms with Gasteiger partial charge in [-0.3, -0.25) is 0 Å². The van der Waals surface area contributed by atoms with Crippen LogP contribution in [0.25, 0.3) is 0 Å². The number of guanidine groups is 1. The number of aromatic nitrogens is 2. The summed E-state index contributed by atoms with van der Waals surface area (Å²) in [5.41, 5.74) is 2.16. The highest BCUT2D eigenvalue weighted by Crippen LogP contribution is 2.13. The average molecular weight is 303 g/mol. The summed E-state index contributed by atoms with van der Waals surface area (Å²) in [6.45, 7) is 8.27. The Kier molecular flexibility index (Phi) is 5.63. The standard InChI is InChI=1S/C16H25N5O/c1-5-17-16(18-9-13-6-7-21(4)11-13)19-10-14-8-15(12(2)3)20-22-14/h6-8,11-12H,5,9-10H2,1-4H3,(H2,17,18,19). The molecule has 0 atom stereocenters. The molecule has 2 N–H and O–H groups in total. The van der Waals surface area contributed by atoms with Crippen molar-refractivity contribution >= 4 is 5.96 Å². The largest absolute Gasteiger partial charge is 0.359 e. The van der Waals surface area contributed by atoms with E-state index in [0.717, 1.165) is 24.0 Å². The molecular weight excluding hydrogens is 278 g/mol. The number of hydrogen-bond donors (Lipinski definition) is 2. The molecule has 0 bridgehead atoms. The molecule has 0 amide bonds. The molecule has 0 fully saturated rings. The molecule has 2 heterocycles. The first-order chi connectivity index (χ1) is 10.6. The highest BCUT2D eigenvalue weighted by molar-refractivity contribution is 5.79. The van der Waals surface area contributed by atoms with E-state index in [1.165, 1.54) is 5.56 Å². The van der Waals surface area contributed by atoms with E-state index in [2.05, 4.69) is 46.9 Å². The minimum Gasteiger partial charge on any atom is -0.359 e. The molecule has 0 aliphatic rings. The summed E-state index contributed by atoms with van der Waals surface area (Å²) in [5.74, 6) is 1.96. The van der Waals surface area contributed by atoms with Crippen molar-refractivity contribution in [1.29, 1.82) is 0 Å². The second kappa shape index (κ2) is 7.68. The Bertz CT molecular complexity index is 612. The van der Waals surface area contributed by atoms with Crippen LogP contribution in [0.3, 0.4) is 0 Å². The zero-order valence-corrected chi connectivity index (χ0v) is 13.8. The van der Waals surface area contributed by atoms with Crippen molar-refractivity contribution in [3.8, 4) is 0 Å². The summed E-state index contributed by atoms with van der Waals surface area (Å²) in [5, 5.41) is 10.6. The van der Waals surface area contributed by atoms with E-state index in [9.17, 15) is 0 Å². The van der Waals surface area contributed by atoms with Gasteiger partial charge in [0.2, 0.25) is 0 Å². The average Bonchev–Trinajstić information content (AvgIpc) is 3.11. The van der Waals surface area contributed by atoms with Gasteiger partial charge in [0, 0.05) is 32.1 Å². The summed E-state index contributed by atoms with van der Waals surface area (Å²) >= 11 is 0. The van der Waals surface area contributed by atoms with Crippen LogP contribution in [0.15, 0.2) is 34.0 Å². The fraction of sp³-hybridized carbons (Fsp3) is 0.500. The van der Waals surface area contributed by atoms with Crippen molar-refractivity contribution in [2.75, 3.05) is 6.54 Å². The second-order valence-electron chi connectivity index (χ2n) is 5.61. The molecule has 0 aromatic carbocycles. The molecule has 0 aliphatic heterocycles. The van der Waals surface area contributed by atoms with Crippen LogP contribution in [-0.2, 0) is 20.1 Å². The number of nitrogens with one attached hydrogen (secondary N) is 2. The van der Waals surface area contributed by atoms with Gasteiger partial charge in [-0.1, -0.05) is 19.0 Å². The minimum absolute atomic E-state index is 0.373. The van der Waals surface area contributed by atoms with Crippen LogP contribution >= 0.6 is 0 Å². The van der Waals surface area contributed by atoms with E-state index in [1.54, 1.807) is 0 Å². The monoisotopic (exact) mass is 303 g/mol. The lowest BCUT2D eigenvalue weighted by Gasteiger charge is -2.09. The van der Waals surface area contributed by atoms with Gasteiger partial charge in [-0.05, 0) is 24.5 Å². The Labute approximate surface area is 131 Å². The van der Waals surface area contributed by atoms with E-state index < -0.39 is 0 Å². The molecule has 2 rings (SSSR count). The van der Waals surface area contributed by atoms with E-state index in [1.807, 2.05) is 30.8 Å². The smallest absolute Gasteiger partial charge is 0.191 e. The van der Waals surface area contributed by atoms with Gasteiger partial charge < -0.3 is 19.7 Å². The Balaban J connectivity index is 1.92. The molecule has 120 valence electrons. The van der Waals surface area contributed by atoms with Crippen molar-refractivity contribution in [3.63, 3.8) is 0 Å². The third-order valence-corrected chi connectivity index (χ3v) is 3.26. The number of nitrogens with zero attached hydrogens (tertiary/aromatic N) is 3. The van der Waals surface area contributed by atoms with Gasteiger partial charge in [0.15, 0.2) is 11.7 Å². The molecule has 0 unspecified atom stereocenters. The molecule has 22 heavy (non-hydrogen) atoms. The van der Waals surface area contributed by atoms with Crippen LogP contribution in [-0.4, -0.2) is 22.2 Å². The van der Waals surface area contributed by atoms with E-state index in [0.29, 0.717) is 19.0 Å². The van der Waals surface area contributed by atoms with Gasteiger partial charge in [0.05, 0.1) is 18.8 Å². The lowest BCUT2D eigenvalue weighted by atomic mass is 10.1. The predicted octanol–water partition coefficient (Wildman–Crippen LogP) is 2.39. The van der Waals surface area contributed by atoms with Crippen LogP contribution in [0.5, 0.6) is 0 Å². The van der Waals surface area contributed by atoms with Crippen molar-refractivity contribution in [2.24, 2.45) is 12.0 Å². The maximum absolute atomic E-state index is 5.32. The van der Waals surface area contributed by atoms with E-state index in [-0.39, 0.29) is 0 Å². The molecule has 6 nitrogen and oxygen atoms in total. The van der Waals surface area contributed by atoms with Crippen LogP contribution in [0.2, 0.25) is 0 Å². The van der Waals surface area contributed by atoms with Crippen LogP contribution < -0.4 is 10.6 Å². The number of aliphatic imine (C=N–C) groups is 1. The Hall–Kier alpha value is -2.24. The van der Waals surface area contributed by atoms with Gasteiger partial charge in [0.1, 0.15) is 0 Å². The summed E-state index contributed by atoms with van der Waals surface area (Å²) in [6.07, 6.45) is 4.09. The number of aryl methyl sites for hydroxylation is 1. The SMILES string of the molecule is CCNC(=NCc1ccn(C)c1)NCc1cc(C(C)C)no1. The highest BCUT2D eigenvalue weighted by atomic mass is 16.5. The summed E-state index contributed by atoms with van der Waals surface area (Å²) in [4.78, 5) is 4.57. The quantitative estimate of drug-likeness (QED) is 0.635. The van der Waals surface area contributed by atoms with Crippen molar-refractivity contribution in [1.82, 2.24) is 20.4 Å². The van der Waals surface area contributed by atoms with Crippen molar-refractivity contribution in [3.05, 3.63) is 41.5 Å². The molecule has 0 saturated carbocycles. The van der Waals surface area contributed by atoms with E-state index in [4.69, 9.17) is 4.52 Å². The fourth-order valence-electron chi connectivity index (χ4n) is 2.02. The zero-order valence-electron chi connectivity index (χ0n) is 13.8. The molecule has 2 aromatic heterocycles. The maximum Gasteiger partial charge on any atom is 0.191 e. The van der Waals surface area contributed by atoms with Gasteiger partial charge in [-0.25, -0.2) is 4.99 Å². The number of rotatable bonds is 6. The first-order valence-electron chi connectivity index (χ1n) is 7.67. The Morgan fingerprint density at radius 3 is 2.82 bits per heavy atom. The molecule has 0 radical (unpaired) electrons. The number of hydrogen-bond acceptors (Lipinski definition) is 3. The zero-order chi connectivity index (χ0) is 15.9. The Morgan fingerprint density at radius 2 is 2.23 bits per heavy atom. The van der Waals surface area contributed by atoms with Crippen LogP contribution in [0, 0.1) is 0 Å². The minimum atomic E-state index is 0.373. The molecule has 0 aliphatic carbocycles. The van der Waals surface area contributed by atoms with E-state index >= 15 is 0 Å². The van der Waals surface area contributed by atoms with Crippen LogP contribution in [0.1, 0.15) is 43.7 Å². The normalized spacial score (nSPS) is 12.0. The molecule has 0 spiro atoms. The predicted molar refractivity (Wildman–Crippen MR) is 87.7 cm³/mol. The topological polar surface area (TPSA) is 67.4 Å². The fourth-order valence-corrected chi connectivity index (χ4v) is 2.02. The maximum atomic E-state index is 5.32. The first kappa shape index (κ1) is 16.1. The van der Waals surface area contributed by atoms with Gasteiger partial charge >= 0.3 is 0 Å². The van der Waals surface area contributed by atoms with Gasteiger partial charge in [-0.2, -0.15) is 0 Å². The molecule has 2 aromatic rings. The van der Waals surface area contributed by atoms with Crippen LogP contribution in [0.4, 0.5) is 0 Å². The molecular formula is C16H25N5O. The lowest BCUT2D eigenvalue weighted by Crippen LogP contribution is -2.36. The second-order valence-corrected chi connectivity index (χ2v) is 5.61. The Morgan fingerprint density at radius 1 is 1.41 bits per heavy atom. The summed E-state index contributed by atoms with van der Waals surface area (Å²) < 4.78 is 7.34. The molecule has 6 heteroatoms. The van der Waals surface area contributed by atoms with Gasteiger partial charge in [-0.15, -0.1) is 0 Å². The van der Waals surface area contributed by atoms with Gasteiger partial charge in [0.25, 0.3) is 0 Å². The summed E-state index contributed by atoms with van der Waals surface area (Å²) in [6, 6.07) is 4.05. The third-order valence-electron chi connectivity index (χ3n) is 3.26.